The first-order chi connectivity index (χ1) is 14.4. The quantitative estimate of drug-likeness (QED) is 0.630. The first-order valence-corrected chi connectivity index (χ1v) is 9.79. The van der Waals surface area contributed by atoms with E-state index in [1.54, 1.807) is 48.3 Å². The second-order valence-electron chi connectivity index (χ2n) is 7.56. The summed E-state index contributed by atoms with van der Waals surface area (Å²) < 4.78 is 9.16. The summed E-state index contributed by atoms with van der Waals surface area (Å²) in [5.74, 6) is -0.368. The SMILES string of the molecule is CN(C)C(=O)COC1CCC(n2ncc3nc(-n4ccnc4)nc(C(N)=O)c32)CC1. The fraction of sp³-hybridized carbons (Fsp3) is 0.474. The van der Waals surface area contributed by atoms with Crippen molar-refractivity contribution in [1.29, 1.82) is 0 Å². The maximum Gasteiger partial charge on any atom is 0.269 e. The van der Waals surface area contributed by atoms with Crippen molar-refractivity contribution in [2.45, 2.75) is 37.8 Å². The Kier molecular flexibility index (Phi) is 5.44. The standard InChI is InChI=1S/C19H24N8O3/c1-25(2)15(28)10-30-13-5-3-12(4-6-13)27-17-14(9-22-27)23-19(24-16(17)18(20)29)26-8-7-21-11-26/h7-9,11-13H,3-6,10H2,1-2H3,(H2,20,29). The molecular weight excluding hydrogens is 388 g/mol. The summed E-state index contributed by atoms with van der Waals surface area (Å²) in [4.78, 5) is 38.2. The molecule has 158 valence electrons. The van der Waals surface area contributed by atoms with Crippen molar-refractivity contribution < 1.29 is 14.3 Å². The summed E-state index contributed by atoms with van der Waals surface area (Å²) >= 11 is 0. The van der Waals surface area contributed by atoms with E-state index in [0.717, 1.165) is 25.7 Å². The van der Waals surface area contributed by atoms with E-state index in [1.165, 1.54) is 4.90 Å². The van der Waals surface area contributed by atoms with Crippen LogP contribution in [0.3, 0.4) is 0 Å². The first-order valence-electron chi connectivity index (χ1n) is 9.79. The van der Waals surface area contributed by atoms with Crippen LogP contribution in [0.1, 0.15) is 42.2 Å². The molecule has 0 spiro atoms. The van der Waals surface area contributed by atoms with Gasteiger partial charge in [0.2, 0.25) is 11.9 Å². The van der Waals surface area contributed by atoms with E-state index in [1.807, 2.05) is 0 Å². The van der Waals surface area contributed by atoms with E-state index in [0.29, 0.717) is 17.0 Å². The van der Waals surface area contributed by atoms with E-state index in [4.69, 9.17) is 10.5 Å². The van der Waals surface area contributed by atoms with E-state index in [-0.39, 0.29) is 30.4 Å². The Labute approximate surface area is 172 Å². The van der Waals surface area contributed by atoms with E-state index < -0.39 is 5.91 Å². The molecule has 0 aliphatic heterocycles. The number of aromatic nitrogens is 6. The van der Waals surface area contributed by atoms with Gasteiger partial charge in [0.1, 0.15) is 24.0 Å². The maximum absolute atomic E-state index is 12.1. The van der Waals surface area contributed by atoms with E-state index in [9.17, 15) is 9.59 Å². The number of imidazole rings is 1. The van der Waals surface area contributed by atoms with Crippen molar-refractivity contribution in [2.24, 2.45) is 5.73 Å². The topological polar surface area (TPSA) is 134 Å². The van der Waals surface area contributed by atoms with Gasteiger partial charge in [-0.25, -0.2) is 15.0 Å². The second-order valence-corrected chi connectivity index (χ2v) is 7.56. The van der Waals surface area contributed by atoms with Gasteiger partial charge in [-0.15, -0.1) is 0 Å². The third kappa shape index (κ3) is 3.88. The third-order valence-electron chi connectivity index (χ3n) is 5.33. The normalized spacial score (nSPS) is 19.1. The van der Waals surface area contributed by atoms with Crippen molar-refractivity contribution in [3.05, 3.63) is 30.6 Å². The number of amides is 2. The van der Waals surface area contributed by atoms with Crippen LogP contribution >= 0.6 is 0 Å². The number of primary amides is 1. The number of likely N-dealkylation sites (N-methyl/N-ethyl adjacent to an activating group) is 1. The Morgan fingerprint density at radius 1 is 1.23 bits per heavy atom. The lowest BCUT2D eigenvalue weighted by Crippen LogP contribution is -2.31. The zero-order valence-electron chi connectivity index (χ0n) is 16.9. The van der Waals surface area contributed by atoms with Gasteiger partial charge in [0, 0.05) is 26.5 Å². The smallest absolute Gasteiger partial charge is 0.269 e. The molecule has 2 N–H and O–H groups in total. The molecular formula is C19H24N8O3. The molecule has 0 aromatic carbocycles. The lowest BCUT2D eigenvalue weighted by Gasteiger charge is -2.29. The van der Waals surface area contributed by atoms with E-state index in [2.05, 4.69) is 20.1 Å². The zero-order valence-corrected chi connectivity index (χ0v) is 16.9. The van der Waals surface area contributed by atoms with Gasteiger partial charge in [-0.1, -0.05) is 0 Å². The molecule has 0 unspecified atom stereocenters. The van der Waals surface area contributed by atoms with Gasteiger partial charge in [-0.05, 0) is 25.7 Å². The molecule has 0 atom stereocenters. The predicted molar refractivity (Wildman–Crippen MR) is 107 cm³/mol. The second kappa shape index (κ2) is 8.19. The maximum atomic E-state index is 12.1. The molecule has 0 bridgehead atoms. The summed E-state index contributed by atoms with van der Waals surface area (Å²) in [6.07, 6.45) is 9.72. The fourth-order valence-corrected chi connectivity index (χ4v) is 3.67. The third-order valence-corrected chi connectivity index (χ3v) is 5.33. The largest absolute Gasteiger partial charge is 0.368 e. The highest BCUT2D eigenvalue weighted by Crippen LogP contribution is 2.32. The highest BCUT2D eigenvalue weighted by molar-refractivity contribution is 6.02. The Morgan fingerprint density at radius 2 is 2.00 bits per heavy atom. The van der Waals surface area contributed by atoms with Crippen LogP contribution in [0.15, 0.2) is 24.9 Å². The molecule has 4 rings (SSSR count). The summed E-state index contributed by atoms with van der Waals surface area (Å²) in [5.41, 5.74) is 6.85. The molecule has 30 heavy (non-hydrogen) atoms. The Bertz CT molecular complexity index is 1050. The van der Waals surface area contributed by atoms with Crippen LogP contribution in [-0.2, 0) is 9.53 Å². The molecule has 0 radical (unpaired) electrons. The highest BCUT2D eigenvalue weighted by atomic mass is 16.5. The monoisotopic (exact) mass is 412 g/mol. The highest BCUT2D eigenvalue weighted by Gasteiger charge is 2.27. The number of nitrogens with zero attached hydrogens (tertiary/aromatic N) is 7. The Balaban J connectivity index is 1.54. The van der Waals surface area contributed by atoms with Crippen molar-refractivity contribution in [1.82, 2.24) is 34.2 Å². The minimum atomic E-state index is -0.635. The molecule has 1 fully saturated rings. The molecule has 1 saturated carbocycles. The molecule has 2 amide bonds. The van der Waals surface area contributed by atoms with Crippen LogP contribution in [0.25, 0.3) is 17.0 Å². The number of carbonyl (C=O) groups excluding carboxylic acids is 2. The minimum Gasteiger partial charge on any atom is -0.368 e. The number of carbonyl (C=O) groups is 2. The van der Waals surface area contributed by atoms with Crippen LogP contribution in [-0.4, -0.2) is 72.8 Å². The van der Waals surface area contributed by atoms with Crippen molar-refractivity contribution in [2.75, 3.05) is 20.7 Å². The fourth-order valence-electron chi connectivity index (χ4n) is 3.67. The summed E-state index contributed by atoms with van der Waals surface area (Å²) in [6.45, 7) is 0.0870. The van der Waals surface area contributed by atoms with Crippen LogP contribution in [0.4, 0.5) is 0 Å². The molecule has 3 aromatic rings. The molecule has 11 heteroatoms. The summed E-state index contributed by atoms with van der Waals surface area (Å²) in [7, 11) is 3.42. The van der Waals surface area contributed by atoms with Crippen LogP contribution in [0.5, 0.6) is 0 Å². The van der Waals surface area contributed by atoms with Gasteiger partial charge >= 0.3 is 0 Å². The van der Waals surface area contributed by atoms with Crippen molar-refractivity contribution in [3.63, 3.8) is 0 Å². The van der Waals surface area contributed by atoms with Gasteiger partial charge in [-0.2, -0.15) is 5.10 Å². The lowest BCUT2D eigenvalue weighted by atomic mass is 9.93. The molecule has 1 aliphatic carbocycles. The van der Waals surface area contributed by atoms with Gasteiger partial charge in [0.05, 0.1) is 18.3 Å². The molecule has 3 heterocycles. The number of hydrogen-bond donors (Lipinski definition) is 1. The van der Waals surface area contributed by atoms with Gasteiger partial charge in [0.25, 0.3) is 5.91 Å². The number of ether oxygens (including phenoxy) is 1. The van der Waals surface area contributed by atoms with Crippen molar-refractivity contribution in [3.8, 4) is 5.95 Å². The van der Waals surface area contributed by atoms with Crippen LogP contribution in [0.2, 0.25) is 0 Å². The number of rotatable bonds is 6. The van der Waals surface area contributed by atoms with Crippen LogP contribution < -0.4 is 5.73 Å². The molecule has 3 aromatic heterocycles. The van der Waals surface area contributed by atoms with Crippen molar-refractivity contribution >= 4 is 22.8 Å². The zero-order chi connectivity index (χ0) is 21.3. The van der Waals surface area contributed by atoms with Gasteiger partial charge in [-0.3, -0.25) is 18.8 Å². The lowest BCUT2D eigenvalue weighted by molar-refractivity contribution is -0.136. The number of hydrogen-bond acceptors (Lipinski definition) is 7. The van der Waals surface area contributed by atoms with Gasteiger partial charge < -0.3 is 15.4 Å². The Morgan fingerprint density at radius 3 is 2.63 bits per heavy atom. The summed E-state index contributed by atoms with van der Waals surface area (Å²) in [6, 6.07) is 0.0766. The first kappa shape index (κ1) is 20.0. The van der Waals surface area contributed by atoms with Crippen LogP contribution in [0, 0.1) is 0 Å². The predicted octanol–water partition coefficient (Wildman–Crippen LogP) is 0.699. The molecule has 0 saturated heterocycles. The molecule has 11 nitrogen and oxygen atoms in total. The molecule has 1 aliphatic rings. The average Bonchev–Trinajstić information content (AvgIpc) is 3.41. The number of nitrogens with two attached hydrogens (primary N) is 1. The summed E-state index contributed by atoms with van der Waals surface area (Å²) in [5, 5.41) is 4.49. The number of fused-ring (bicyclic) bond motifs is 1. The van der Waals surface area contributed by atoms with E-state index >= 15 is 0 Å². The minimum absolute atomic E-state index is 0.0340. The average molecular weight is 412 g/mol. The Hall–Kier alpha value is -3.34. The van der Waals surface area contributed by atoms with Gasteiger partial charge in [0.15, 0.2) is 5.69 Å².